The lowest BCUT2D eigenvalue weighted by molar-refractivity contribution is 0.0318. The lowest BCUT2D eigenvalue weighted by atomic mass is 10.0. The fraction of sp³-hybridized carbons (Fsp3) is 0.167. The second-order valence-electron chi connectivity index (χ2n) is 4.85. The summed E-state index contributed by atoms with van der Waals surface area (Å²) in [6.45, 7) is 1.49. The van der Waals surface area contributed by atoms with Crippen LogP contribution in [0.3, 0.4) is 0 Å². The van der Waals surface area contributed by atoms with Crippen LogP contribution in [-0.4, -0.2) is 30.9 Å². The number of ketones is 1. The summed E-state index contributed by atoms with van der Waals surface area (Å²) in [5.41, 5.74) is 0.914. The Kier molecular flexibility index (Phi) is 5.25. The topological polar surface area (TPSA) is 69.7 Å². The number of Topliss-reactive ketones (excluding diaryl/α,β-unsaturated/α-hetero) is 1. The minimum Gasteiger partial charge on any atom is -0.465 e. The highest BCUT2D eigenvalue weighted by molar-refractivity contribution is 6.03. The van der Waals surface area contributed by atoms with Crippen molar-refractivity contribution in [3.63, 3.8) is 0 Å². The van der Waals surface area contributed by atoms with Crippen LogP contribution in [0.15, 0.2) is 54.6 Å². The number of carbonyl (C=O) groups is 3. The Morgan fingerprint density at radius 3 is 2.09 bits per heavy atom. The van der Waals surface area contributed by atoms with Crippen molar-refractivity contribution >= 4 is 17.7 Å². The van der Waals surface area contributed by atoms with E-state index in [9.17, 15) is 14.4 Å². The maximum absolute atomic E-state index is 12.3. The molecule has 2 aromatic rings. The zero-order valence-electron chi connectivity index (χ0n) is 12.8. The summed E-state index contributed by atoms with van der Waals surface area (Å²) in [5, 5.41) is 0. The molecule has 118 valence electrons. The first-order chi connectivity index (χ1) is 11.0. The summed E-state index contributed by atoms with van der Waals surface area (Å²) in [6.07, 6.45) is -0.962. The molecule has 1 atom stereocenters. The van der Waals surface area contributed by atoms with E-state index >= 15 is 0 Å². The summed E-state index contributed by atoms with van der Waals surface area (Å²) in [5.74, 6) is -1.50. The molecular formula is C18H16O5. The third-order valence-corrected chi connectivity index (χ3v) is 3.23. The lowest BCUT2D eigenvalue weighted by Crippen LogP contribution is -2.24. The molecule has 5 heteroatoms. The number of benzene rings is 2. The van der Waals surface area contributed by atoms with Crippen molar-refractivity contribution < 1.29 is 23.9 Å². The maximum Gasteiger partial charge on any atom is 0.338 e. The van der Waals surface area contributed by atoms with Crippen molar-refractivity contribution in [1.82, 2.24) is 0 Å². The summed E-state index contributed by atoms with van der Waals surface area (Å²) in [4.78, 5) is 35.8. The first-order valence-corrected chi connectivity index (χ1v) is 7.01. The van der Waals surface area contributed by atoms with Crippen LogP contribution in [0.4, 0.5) is 0 Å². The first-order valence-electron chi connectivity index (χ1n) is 7.01. The van der Waals surface area contributed by atoms with Gasteiger partial charge in [0.2, 0.25) is 5.78 Å². The molecule has 0 saturated heterocycles. The van der Waals surface area contributed by atoms with Gasteiger partial charge in [0.1, 0.15) is 0 Å². The molecule has 0 bridgehead atoms. The van der Waals surface area contributed by atoms with Crippen LogP contribution in [0.2, 0.25) is 0 Å². The van der Waals surface area contributed by atoms with Gasteiger partial charge in [0, 0.05) is 5.56 Å². The van der Waals surface area contributed by atoms with E-state index < -0.39 is 18.0 Å². The van der Waals surface area contributed by atoms with E-state index in [0.29, 0.717) is 5.56 Å². The number of hydrogen-bond donors (Lipinski definition) is 0. The SMILES string of the molecule is COC(=O)c1cccc(C(=O)C(C)OC(=O)c2ccccc2)c1. The van der Waals surface area contributed by atoms with Crippen LogP contribution in [0.25, 0.3) is 0 Å². The van der Waals surface area contributed by atoms with Gasteiger partial charge in [-0.15, -0.1) is 0 Å². The second-order valence-corrected chi connectivity index (χ2v) is 4.85. The Morgan fingerprint density at radius 2 is 1.43 bits per heavy atom. The molecule has 0 aliphatic rings. The summed E-state index contributed by atoms with van der Waals surface area (Å²) in [7, 11) is 1.26. The van der Waals surface area contributed by atoms with Crippen LogP contribution >= 0.6 is 0 Å². The summed E-state index contributed by atoms with van der Waals surface area (Å²) < 4.78 is 9.79. The average molecular weight is 312 g/mol. The van der Waals surface area contributed by atoms with Crippen molar-refractivity contribution in [3.05, 3.63) is 71.3 Å². The Labute approximate surface area is 133 Å². The largest absolute Gasteiger partial charge is 0.465 e. The molecule has 0 aromatic heterocycles. The zero-order valence-corrected chi connectivity index (χ0v) is 12.8. The van der Waals surface area contributed by atoms with Gasteiger partial charge in [-0.1, -0.05) is 30.3 Å². The molecule has 0 aliphatic heterocycles. The van der Waals surface area contributed by atoms with Crippen molar-refractivity contribution in [2.75, 3.05) is 7.11 Å². The van der Waals surface area contributed by atoms with Gasteiger partial charge in [0.15, 0.2) is 6.10 Å². The molecule has 23 heavy (non-hydrogen) atoms. The van der Waals surface area contributed by atoms with E-state index in [4.69, 9.17) is 4.74 Å². The molecule has 0 saturated carbocycles. The highest BCUT2D eigenvalue weighted by Crippen LogP contribution is 2.12. The number of methoxy groups -OCH3 is 1. The Bertz CT molecular complexity index is 721. The van der Waals surface area contributed by atoms with Gasteiger partial charge in [-0.05, 0) is 31.2 Å². The van der Waals surface area contributed by atoms with Gasteiger partial charge < -0.3 is 9.47 Å². The number of rotatable bonds is 5. The Morgan fingerprint density at radius 1 is 0.826 bits per heavy atom. The average Bonchev–Trinajstić information content (AvgIpc) is 2.61. The fourth-order valence-corrected chi connectivity index (χ4v) is 2.01. The van der Waals surface area contributed by atoms with Gasteiger partial charge in [0.25, 0.3) is 0 Å². The van der Waals surface area contributed by atoms with Crippen LogP contribution in [0.1, 0.15) is 38.0 Å². The van der Waals surface area contributed by atoms with E-state index in [0.717, 1.165) is 0 Å². The Hall–Kier alpha value is -2.95. The number of ether oxygens (including phenoxy) is 2. The standard InChI is InChI=1S/C18H16O5/c1-12(23-18(21)13-7-4-3-5-8-13)16(19)14-9-6-10-15(11-14)17(20)22-2/h3-12H,1-2H3. The minimum atomic E-state index is -0.962. The quantitative estimate of drug-likeness (QED) is 0.627. The van der Waals surface area contributed by atoms with Crippen molar-refractivity contribution in [3.8, 4) is 0 Å². The van der Waals surface area contributed by atoms with E-state index in [1.807, 2.05) is 0 Å². The highest BCUT2D eigenvalue weighted by Gasteiger charge is 2.21. The minimum absolute atomic E-state index is 0.264. The molecule has 0 amide bonds. The van der Waals surface area contributed by atoms with E-state index in [1.165, 1.54) is 20.1 Å². The highest BCUT2D eigenvalue weighted by atomic mass is 16.5. The first kappa shape index (κ1) is 16.4. The monoisotopic (exact) mass is 312 g/mol. The summed E-state index contributed by atoms with van der Waals surface area (Å²) >= 11 is 0. The van der Waals surface area contributed by atoms with Crippen molar-refractivity contribution in [2.24, 2.45) is 0 Å². The number of esters is 2. The third-order valence-electron chi connectivity index (χ3n) is 3.23. The van der Waals surface area contributed by atoms with Gasteiger partial charge >= 0.3 is 11.9 Å². The fourth-order valence-electron chi connectivity index (χ4n) is 2.01. The van der Waals surface area contributed by atoms with Gasteiger partial charge in [-0.2, -0.15) is 0 Å². The zero-order chi connectivity index (χ0) is 16.8. The van der Waals surface area contributed by atoms with Crippen LogP contribution in [0.5, 0.6) is 0 Å². The molecule has 0 N–H and O–H groups in total. The second kappa shape index (κ2) is 7.35. The third kappa shape index (κ3) is 4.03. The molecule has 2 aromatic carbocycles. The predicted molar refractivity (Wildman–Crippen MR) is 83.4 cm³/mol. The molecule has 1 unspecified atom stereocenters. The van der Waals surface area contributed by atoms with E-state index in [2.05, 4.69) is 4.74 Å². The molecule has 0 aliphatic carbocycles. The van der Waals surface area contributed by atoms with Crippen molar-refractivity contribution in [1.29, 1.82) is 0 Å². The molecule has 0 spiro atoms. The van der Waals surface area contributed by atoms with E-state index in [-0.39, 0.29) is 16.9 Å². The van der Waals surface area contributed by atoms with Gasteiger partial charge in [-0.25, -0.2) is 9.59 Å². The van der Waals surface area contributed by atoms with E-state index in [1.54, 1.807) is 48.5 Å². The normalized spacial score (nSPS) is 11.4. The summed E-state index contributed by atoms with van der Waals surface area (Å²) in [6, 6.07) is 14.5. The molecule has 2 rings (SSSR count). The van der Waals surface area contributed by atoms with Crippen LogP contribution in [-0.2, 0) is 9.47 Å². The Balaban J connectivity index is 2.11. The molecule has 0 fully saturated rings. The molecule has 0 radical (unpaired) electrons. The van der Waals surface area contributed by atoms with Gasteiger partial charge in [0.05, 0.1) is 18.2 Å². The predicted octanol–water partition coefficient (Wildman–Crippen LogP) is 2.90. The number of carbonyl (C=O) groups excluding carboxylic acids is 3. The maximum atomic E-state index is 12.3. The smallest absolute Gasteiger partial charge is 0.338 e. The molecule has 5 nitrogen and oxygen atoms in total. The van der Waals surface area contributed by atoms with Gasteiger partial charge in [-0.3, -0.25) is 4.79 Å². The molecule has 0 heterocycles. The van der Waals surface area contributed by atoms with Crippen molar-refractivity contribution in [2.45, 2.75) is 13.0 Å². The molecular weight excluding hydrogens is 296 g/mol. The van der Waals surface area contributed by atoms with Crippen LogP contribution in [0, 0.1) is 0 Å². The van der Waals surface area contributed by atoms with Crippen LogP contribution < -0.4 is 0 Å². The lowest BCUT2D eigenvalue weighted by Gasteiger charge is -2.12. The number of hydrogen-bond acceptors (Lipinski definition) is 5.